The van der Waals surface area contributed by atoms with E-state index in [1.807, 2.05) is 47.0 Å². The van der Waals surface area contributed by atoms with Crippen LogP contribution in [0.3, 0.4) is 0 Å². The first kappa shape index (κ1) is 17.5. The number of ether oxygens (including phenoxy) is 2. The van der Waals surface area contributed by atoms with E-state index in [0.717, 1.165) is 30.0 Å². The number of hydrogen-bond donors (Lipinski definition) is 0. The van der Waals surface area contributed by atoms with Gasteiger partial charge in [0, 0.05) is 52.5 Å². The van der Waals surface area contributed by atoms with E-state index in [0.29, 0.717) is 19.5 Å². The maximum absolute atomic E-state index is 12.6. The molecule has 1 fully saturated rings. The van der Waals surface area contributed by atoms with Gasteiger partial charge in [0.1, 0.15) is 17.2 Å². The lowest BCUT2D eigenvalue weighted by atomic mass is 9.89. The number of rotatable bonds is 5. The van der Waals surface area contributed by atoms with E-state index in [2.05, 4.69) is 4.98 Å². The van der Waals surface area contributed by atoms with Gasteiger partial charge in [0.05, 0.1) is 13.5 Å². The Kier molecular flexibility index (Phi) is 5.08. The Labute approximate surface area is 148 Å². The lowest BCUT2D eigenvalue weighted by molar-refractivity contribution is -0.137. The van der Waals surface area contributed by atoms with Gasteiger partial charge in [-0.15, -0.1) is 0 Å². The molecule has 25 heavy (non-hydrogen) atoms. The molecular weight excluding hydrogens is 318 g/mol. The van der Waals surface area contributed by atoms with Gasteiger partial charge >= 0.3 is 0 Å². The van der Waals surface area contributed by atoms with E-state index in [1.54, 1.807) is 20.4 Å². The highest BCUT2D eigenvalue weighted by atomic mass is 16.5. The molecule has 1 aromatic heterocycles. The summed E-state index contributed by atoms with van der Waals surface area (Å²) in [6.45, 7) is 1.35. The van der Waals surface area contributed by atoms with Crippen LogP contribution >= 0.6 is 0 Å². The summed E-state index contributed by atoms with van der Waals surface area (Å²) in [6.07, 6.45) is 5.63. The van der Waals surface area contributed by atoms with Crippen LogP contribution in [0.4, 0.5) is 0 Å². The van der Waals surface area contributed by atoms with Crippen molar-refractivity contribution in [3.8, 4) is 5.75 Å². The van der Waals surface area contributed by atoms with Gasteiger partial charge in [-0.3, -0.25) is 4.79 Å². The van der Waals surface area contributed by atoms with Crippen molar-refractivity contribution in [2.24, 2.45) is 7.05 Å². The van der Waals surface area contributed by atoms with Crippen molar-refractivity contribution in [3.05, 3.63) is 48.0 Å². The molecule has 1 saturated heterocycles. The van der Waals surface area contributed by atoms with E-state index >= 15 is 0 Å². The first-order chi connectivity index (χ1) is 12.1. The van der Waals surface area contributed by atoms with Crippen LogP contribution in [0, 0.1) is 0 Å². The molecule has 6 heteroatoms. The molecule has 0 spiro atoms. The first-order valence-electron chi connectivity index (χ1n) is 8.51. The third-order valence-corrected chi connectivity index (χ3v) is 5.06. The summed E-state index contributed by atoms with van der Waals surface area (Å²) in [6, 6.07) is 7.65. The molecule has 2 heterocycles. The quantitative estimate of drug-likeness (QED) is 0.835. The molecule has 3 rings (SSSR count). The van der Waals surface area contributed by atoms with Crippen molar-refractivity contribution in [3.63, 3.8) is 0 Å². The molecule has 0 atom stereocenters. The average molecular weight is 343 g/mol. The number of methoxy groups -OCH3 is 2. The van der Waals surface area contributed by atoms with Crippen LogP contribution in [0.25, 0.3) is 0 Å². The Hall–Kier alpha value is -2.34. The van der Waals surface area contributed by atoms with Gasteiger partial charge in [0.25, 0.3) is 0 Å². The van der Waals surface area contributed by atoms with Gasteiger partial charge in [-0.1, -0.05) is 12.1 Å². The van der Waals surface area contributed by atoms with E-state index in [9.17, 15) is 4.79 Å². The number of piperidine rings is 1. The second-order valence-electron chi connectivity index (χ2n) is 6.47. The zero-order chi connectivity index (χ0) is 17.9. The van der Waals surface area contributed by atoms with E-state index in [4.69, 9.17) is 9.47 Å². The molecule has 0 N–H and O–H groups in total. The SMILES string of the molecule is COc1ccc(CC(=O)N2CCC(OC)(c3nccn3C)CC2)cc1. The van der Waals surface area contributed by atoms with Gasteiger partial charge in [0.15, 0.2) is 0 Å². The van der Waals surface area contributed by atoms with E-state index in [-0.39, 0.29) is 5.91 Å². The maximum Gasteiger partial charge on any atom is 0.226 e. The zero-order valence-corrected chi connectivity index (χ0v) is 15.1. The standard InChI is InChI=1S/C19H25N3O3/c1-21-13-10-20-18(21)19(25-3)8-11-22(12-9-19)17(23)14-15-4-6-16(24-2)7-5-15/h4-7,10,13H,8-9,11-12,14H2,1-3H3. The first-order valence-corrected chi connectivity index (χ1v) is 8.51. The number of carbonyl (C=O) groups is 1. The molecule has 0 aliphatic carbocycles. The second kappa shape index (κ2) is 7.27. The average Bonchev–Trinajstić information content (AvgIpc) is 3.09. The fourth-order valence-corrected chi connectivity index (χ4v) is 3.47. The Morgan fingerprint density at radius 3 is 2.40 bits per heavy atom. The maximum atomic E-state index is 12.6. The van der Waals surface area contributed by atoms with E-state index in [1.165, 1.54) is 0 Å². The number of amides is 1. The summed E-state index contributed by atoms with van der Waals surface area (Å²) in [5, 5.41) is 0. The summed E-state index contributed by atoms with van der Waals surface area (Å²) >= 11 is 0. The van der Waals surface area contributed by atoms with Crippen molar-refractivity contribution < 1.29 is 14.3 Å². The molecule has 0 radical (unpaired) electrons. The van der Waals surface area contributed by atoms with Crippen LogP contribution in [0.1, 0.15) is 24.2 Å². The third kappa shape index (κ3) is 3.54. The van der Waals surface area contributed by atoms with Crippen molar-refractivity contribution in [2.45, 2.75) is 24.9 Å². The van der Waals surface area contributed by atoms with Crippen LogP contribution in [0.15, 0.2) is 36.7 Å². The largest absolute Gasteiger partial charge is 0.497 e. The molecule has 0 bridgehead atoms. The Balaban J connectivity index is 1.63. The highest BCUT2D eigenvalue weighted by molar-refractivity contribution is 5.79. The van der Waals surface area contributed by atoms with Crippen LogP contribution in [0.5, 0.6) is 5.75 Å². The van der Waals surface area contributed by atoms with E-state index < -0.39 is 5.60 Å². The van der Waals surface area contributed by atoms with Crippen LogP contribution < -0.4 is 4.74 Å². The smallest absolute Gasteiger partial charge is 0.226 e. The molecule has 134 valence electrons. The molecule has 1 aliphatic rings. The van der Waals surface area contributed by atoms with Gasteiger partial charge < -0.3 is 18.9 Å². The predicted octanol–water partition coefficient (Wildman–Crippen LogP) is 2.14. The molecule has 6 nitrogen and oxygen atoms in total. The topological polar surface area (TPSA) is 56.6 Å². The lowest BCUT2D eigenvalue weighted by Gasteiger charge is -2.40. The lowest BCUT2D eigenvalue weighted by Crippen LogP contribution is -2.47. The minimum atomic E-state index is -0.408. The van der Waals surface area contributed by atoms with Gasteiger partial charge in [-0.05, 0) is 17.7 Å². The fraction of sp³-hybridized carbons (Fsp3) is 0.474. The molecular formula is C19H25N3O3. The molecule has 0 unspecified atom stereocenters. The van der Waals surface area contributed by atoms with Crippen LogP contribution in [0.2, 0.25) is 0 Å². The summed E-state index contributed by atoms with van der Waals surface area (Å²) in [5.41, 5.74) is 0.591. The molecule has 0 saturated carbocycles. The second-order valence-corrected chi connectivity index (χ2v) is 6.47. The molecule has 1 aliphatic heterocycles. The number of aryl methyl sites for hydroxylation is 1. The van der Waals surface area contributed by atoms with Crippen molar-refractivity contribution >= 4 is 5.91 Å². The monoisotopic (exact) mass is 343 g/mol. The highest BCUT2D eigenvalue weighted by Gasteiger charge is 2.40. The molecule has 1 aromatic carbocycles. The normalized spacial score (nSPS) is 16.7. The molecule has 1 amide bonds. The fourth-order valence-electron chi connectivity index (χ4n) is 3.47. The van der Waals surface area contributed by atoms with Crippen LogP contribution in [-0.4, -0.2) is 47.7 Å². The summed E-state index contributed by atoms with van der Waals surface area (Å²) in [5.74, 6) is 1.88. The number of carbonyl (C=O) groups excluding carboxylic acids is 1. The Morgan fingerprint density at radius 2 is 1.88 bits per heavy atom. The predicted molar refractivity (Wildman–Crippen MR) is 94.4 cm³/mol. The zero-order valence-electron chi connectivity index (χ0n) is 15.1. The van der Waals surface area contributed by atoms with Crippen molar-refractivity contribution in [1.82, 2.24) is 14.5 Å². The Bertz CT molecular complexity index is 716. The van der Waals surface area contributed by atoms with Crippen molar-refractivity contribution in [1.29, 1.82) is 0 Å². The minimum Gasteiger partial charge on any atom is -0.497 e. The summed E-state index contributed by atoms with van der Waals surface area (Å²) < 4.78 is 13.0. The van der Waals surface area contributed by atoms with Gasteiger partial charge in [-0.2, -0.15) is 0 Å². The van der Waals surface area contributed by atoms with Gasteiger partial charge in [-0.25, -0.2) is 4.98 Å². The molecule has 2 aromatic rings. The Morgan fingerprint density at radius 1 is 1.20 bits per heavy atom. The van der Waals surface area contributed by atoms with Crippen LogP contribution in [-0.2, 0) is 28.6 Å². The highest BCUT2D eigenvalue weighted by Crippen LogP contribution is 2.35. The number of likely N-dealkylation sites (tertiary alicyclic amines) is 1. The van der Waals surface area contributed by atoms with Gasteiger partial charge in [0.2, 0.25) is 5.91 Å². The number of hydrogen-bond acceptors (Lipinski definition) is 4. The minimum absolute atomic E-state index is 0.148. The number of nitrogens with zero attached hydrogens (tertiary/aromatic N) is 3. The number of benzene rings is 1. The summed E-state index contributed by atoms with van der Waals surface area (Å²) in [4.78, 5) is 19.0. The van der Waals surface area contributed by atoms with Crippen molar-refractivity contribution in [2.75, 3.05) is 27.3 Å². The number of aromatic nitrogens is 2. The number of imidazole rings is 1. The third-order valence-electron chi connectivity index (χ3n) is 5.06. The summed E-state index contributed by atoms with van der Waals surface area (Å²) in [7, 11) is 5.34.